The lowest BCUT2D eigenvalue weighted by atomic mass is 10.1. The number of ether oxygens (including phenoxy) is 1. The van der Waals surface area contributed by atoms with Crippen molar-refractivity contribution in [3.63, 3.8) is 0 Å². The summed E-state index contributed by atoms with van der Waals surface area (Å²) in [5.74, 6) is 0.768. The number of hydrogen-bond acceptors (Lipinski definition) is 3. The van der Waals surface area contributed by atoms with Crippen molar-refractivity contribution in [1.29, 1.82) is 0 Å². The van der Waals surface area contributed by atoms with E-state index in [9.17, 15) is 0 Å². The van der Waals surface area contributed by atoms with E-state index in [2.05, 4.69) is 44.0 Å². The van der Waals surface area contributed by atoms with Gasteiger partial charge in [0.25, 0.3) is 0 Å². The standard InChI is InChI=1S/C21H21N3O/c1-21(2,3)24-20(25-14-15-9-5-4-6-10-15)17-13-22-18-12-8-7-11-16(18)19(17)23-24/h4-13H,14H2,1-3H3. The number of fused-ring (bicyclic) bond motifs is 3. The van der Waals surface area contributed by atoms with Crippen LogP contribution in [-0.2, 0) is 12.1 Å². The van der Waals surface area contributed by atoms with Gasteiger partial charge in [0.2, 0.25) is 5.88 Å². The van der Waals surface area contributed by atoms with E-state index in [4.69, 9.17) is 9.84 Å². The Labute approximate surface area is 147 Å². The summed E-state index contributed by atoms with van der Waals surface area (Å²) in [6.07, 6.45) is 1.87. The van der Waals surface area contributed by atoms with Gasteiger partial charge in [-0.2, -0.15) is 5.10 Å². The maximum atomic E-state index is 6.21. The molecule has 0 aliphatic rings. The fourth-order valence-corrected chi connectivity index (χ4v) is 2.97. The maximum Gasteiger partial charge on any atom is 0.222 e. The first kappa shape index (κ1) is 15.6. The zero-order valence-corrected chi connectivity index (χ0v) is 14.7. The van der Waals surface area contributed by atoms with Gasteiger partial charge in [0, 0.05) is 11.6 Å². The lowest BCUT2D eigenvalue weighted by Gasteiger charge is -2.22. The van der Waals surface area contributed by atoms with Gasteiger partial charge < -0.3 is 4.74 Å². The second kappa shape index (κ2) is 5.88. The minimum atomic E-state index is -0.188. The Hall–Kier alpha value is -2.88. The van der Waals surface area contributed by atoms with E-state index in [-0.39, 0.29) is 5.54 Å². The molecule has 0 unspecified atom stereocenters. The molecule has 0 N–H and O–H groups in total. The summed E-state index contributed by atoms with van der Waals surface area (Å²) >= 11 is 0. The Morgan fingerprint density at radius 2 is 1.64 bits per heavy atom. The molecule has 0 fully saturated rings. The highest BCUT2D eigenvalue weighted by Crippen LogP contribution is 2.34. The van der Waals surface area contributed by atoms with Crippen LogP contribution in [-0.4, -0.2) is 14.8 Å². The lowest BCUT2D eigenvalue weighted by molar-refractivity contribution is 0.237. The molecule has 4 heteroatoms. The van der Waals surface area contributed by atoms with E-state index in [1.807, 2.05) is 47.3 Å². The van der Waals surface area contributed by atoms with Crippen LogP contribution in [0, 0.1) is 0 Å². The first-order valence-corrected chi connectivity index (χ1v) is 8.48. The summed E-state index contributed by atoms with van der Waals surface area (Å²) in [4.78, 5) is 4.59. The summed E-state index contributed by atoms with van der Waals surface area (Å²) in [6.45, 7) is 6.89. The highest BCUT2D eigenvalue weighted by molar-refractivity contribution is 6.04. The Kier molecular flexibility index (Phi) is 3.68. The summed E-state index contributed by atoms with van der Waals surface area (Å²) in [5.41, 5.74) is 2.82. The highest BCUT2D eigenvalue weighted by atomic mass is 16.5. The number of pyridine rings is 1. The number of hydrogen-bond donors (Lipinski definition) is 0. The monoisotopic (exact) mass is 331 g/mol. The van der Waals surface area contributed by atoms with Gasteiger partial charge in [-0.05, 0) is 32.4 Å². The number of benzene rings is 2. The van der Waals surface area contributed by atoms with Crippen LogP contribution in [0.4, 0.5) is 0 Å². The molecular formula is C21H21N3O. The molecule has 0 amide bonds. The molecule has 0 saturated heterocycles. The van der Waals surface area contributed by atoms with Gasteiger partial charge in [-0.3, -0.25) is 4.98 Å². The summed E-state index contributed by atoms with van der Waals surface area (Å²) in [6, 6.07) is 18.3. The average molecular weight is 331 g/mol. The summed E-state index contributed by atoms with van der Waals surface area (Å²) in [5, 5.41) is 6.87. The fraction of sp³-hybridized carbons (Fsp3) is 0.238. The van der Waals surface area contributed by atoms with Crippen LogP contribution in [0.25, 0.3) is 21.8 Å². The second-order valence-corrected chi connectivity index (χ2v) is 7.20. The molecule has 0 saturated carbocycles. The van der Waals surface area contributed by atoms with Crippen molar-refractivity contribution in [2.75, 3.05) is 0 Å². The van der Waals surface area contributed by atoms with Gasteiger partial charge in [-0.15, -0.1) is 0 Å². The molecule has 2 aromatic heterocycles. The SMILES string of the molecule is CC(C)(C)n1nc2c(cnc3ccccc32)c1OCc1ccccc1. The molecule has 0 aliphatic heterocycles. The van der Waals surface area contributed by atoms with Crippen LogP contribution >= 0.6 is 0 Å². The number of aromatic nitrogens is 3. The Morgan fingerprint density at radius 1 is 0.920 bits per heavy atom. The predicted molar refractivity (Wildman–Crippen MR) is 101 cm³/mol. The van der Waals surface area contributed by atoms with E-state index in [1.54, 1.807) is 0 Å². The molecule has 0 aliphatic carbocycles. The van der Waals surface area contributed by atoms with Crippen molar-refractivity contribution in [3.05, 3.63) is 66.4 Å². The van der Waals surface area contributed by atoms with Gasteiger partial charge >= 0.3 is 0 Å². The second-order valence-electron chi connectivity index (χ2n) is 7.20. The molecule has 0 atom stereocenters. The topological polar surface area (TPSA) is 39.9 Å². The van der Waals surface area contributed by atoms with Gasteiger partial charge in [0.05, 0.1) is 16.4 Å². The average Bonchev–Trinajstić information content (AvgIpc) is 3.00. The van der Waals surface area contributed by atoms with Crippen molar-refractivity contribution < 1.29 is 4.74 Å². The third-order valence-corrected chi connectivity index (χ3v) is 4.22. The molecule has 2 heterocycles. The van der Waals surface area contributed by atoms with Crippen molar-refractivity contribution in [1.82, 2.24) is 14.8 Å². The van der Waals surface area contributed by atoms with Gasteiger partial charge in [-0.1, -0.05) is 48.5 Å². The van der Waals surface area contributed by atoms with E-state index in [1.165, 1.54) is 0 Å². The maximum absolute atomic E-state index is 6.21. The van der Waals surface area contributed by atoms with Crippen LogP contribution in [0.5, 0.6) is 5.88 Å². The van der Waals surface area contributed by atoms with Crippen LogP contribution < -0.4 is 4.74 Å². The molecule has 4 rings (SSSR count). The Bertz CT molecular complexity index is 1030. The first-order valence-electron chi connectivity index (χ1n) is 8.48. The molecule has 25 heavy (non-hydrogen) atoms. The van der Waals surface area contributed by atoms with E-state index >= 15 is 0 Å². The van der Waals surface area contributed by atoms with Crippen LogP contribution in [0.15, 0.2) is 60.8 Å². The van der Waals surface area contributed by atoms with Crippen LogP contribution in [0.3, 0.4) is 0 Å². The molecule has 0 bridgehead atoms. The van der Waals surface area contributed by atoms with Crippen molar-refractivity contribution in [2.24, 2.45) is 0 Å². The third-order valence-electron chi connectivity index (χ3n) is 4.22. The van der Waals surface area contributed by atoms with E-state index < -0.39 is 0 Å². The molecule has 126 valence electrons. The molecule has 4 aromatic rings. The number of nitrogens with zero attached hydrogens (tertiary/aromatic N) is 3. The zero-order chi connectivity index (χ0) is 17.4. The minimum absolute atomic E-state index is 0.188. The summed E-state index contributed by atoms with van der Waals surface area (Å²) in [7, 11) is 0. The predicted octanol–water partition coefficient (Wildman–Crippen LogP) is 4.92. The first-order chi connectivity index (χ1) is 12.0. The molecule has 2 aromatic carbocycles. The van der Waals surface area contributed by atoms with Crippen LogP contribution in [0.1, 0.15) is 26.3 Å². The Balaban J connectivity index is 1.87. The lowest BCUT2D eigenvalue weighted by Crippen LogP contribution is -2.24. The van der Waals surface area contributed by atoms with Gasteiger partial charge in [0.1, 0.15) is 12.1 Å². The number of para-hydroxylation sites is 1. The third kappa shape index (κ3) is 2.84. The van der Waals surface area contributed by atoms with Crippen molar-refractivity contribution in [3.8, 4) is 5.88 Å². The summed E-state index contributed by atoms with van der Waals surface area (Å²) < 4.78 is 8.18. The fourth-order valence-electron chi connectivity index (χ4n) is 2.97. The van der Waals surface area contributed by atoms with Gasteiger partial charge in [0.15, 0.2) is 0 Å². The normalized spacial score (nSPS) is 12.0. The van der Waals surface area contributed by atoms with Crippen LogP contribution in [0.2, 0.25) is 0 Å². The number of rotatable bonds is 3. The van der Waals surface area contributed by atoms with E-state index in [0.717, 1.165) is 33.2 Å². The van der Waals surface area contributed by atoms with Crippen molar-refractivity contribution >= 4 is 21.8 Å². The van der Waals surface area contributed by atoms with Crippen molar-refractivity contribution in [2.45, 2.75) is 32.9 Å². The molecular weight excluding hydrogens is 310 g/mol. The molecule has 0 spiro atoms. The Morgan fingerprint density at radius 3 is 2.40 bits per heavy atom. The highest BCUT2D eigenvalue weighted by Gasteiger charge is 2.24. The van der Waals surface area contributed by atoms with E-state index in [0.29, 0.717) is 6.61 Å². The quantitative estimate of drug-likeness (QED) is 0.535. The van der Waals surface area contributed by atoms with Gasteiger partial charge in [-0.25, -0.2) is 4.68 Å². The minimum Gasteiger partial charge on any atom is -0.472 e. The zero-order valence-electron chi connectivity index (χ0n) is 14.7. The molecule has 4 nitrogen and oxygen atoms in total. The largest absolute Gasteiger partial charge is 0.472 e. The molecule has 0 radical (unpaired) electrons. The smallest absolute Gasteiger partial charge is 0.222 e.